The van der Waals surface area contributed by atoms with Crippen molar-refractivity contribution < 1.29 is 9.59 Å². The lowest BCUT2D eigenvalue weighted by Crippen LogP contribution is -2.41. The summed E-state index contributed by atoms with van der Waals surface area (Å²) in [5, 5.41) is 7.85. The van der Waals surface area contributed by atoms with Gasteiger partial charge in [0.1, 0.15) is 0 Å². The zero-order valence-electron chi connectivity index (χ0n) is 15.0. The average Bonchev–Trinajstić information content (AvgIpc) is 3.19. The number of piperidine rings is 1. The Morgan fingerprint density at radius 1 is 1.15 bits per heavy atom. The number of carbonyl (C=O) groups is 2. The van der Waals surface area contributed by atoms with Gasteiger partial charge in [-0.2, -0.15) is 0 Å². The van der Waals surface area contributed by atoms with E-state index < -0.39 is 0 Å². The van der Waals surface area contributed by atoms with Gasteiger partial charge in [-0.15, -0.1) is 11.3 Å². The van der Waals surface area contributed by atoms with Crippen LogP contribution in [0.1, 0.15) is 34.5 Å². The molecule has 26 heavy (non-hydrogen) atoms. The molecule has 0 radical (unpaired) electrons. The zero-order valence-corrected chi connectivity index (χ0v) is 15.8. The largest absolute Gasteiger partial charge is 0.351 e. The third-order valence-electron chi connectivity index (χ3n) is 4.79. The van der Waals surface area contributed by atoms with E-state index in [-0.39, 0.29) is 11.9 Å². The molecule has 138 valence electrons. The molecule has 1 aliphatic rings. The fourth-order valence-corrected chi connectivity index (χ4v) is 3.79. The van der Waals surface area contributed by atoms with Gasteiger partial charge in [0, 0.05) is 25.3 Å². The summed E-state index contributed by atoms with van der Waals surface area (Å²) in [4.78, 5) is 26.9. The number of thiophene rings is 1. The summed E-state index contributed by atoms with van der Waals surface area (Å²) in [6.45, 7) is 4.25. The Balaban J connectivity index is 1.36. The van der Waals surface area contributed by atoms with E-state index in [4.69, 9.17) is 0 Å². The Morgan fingerprint density at radius 2 is 1.88 bits per heavy atom. The van der Waals surface area contributed by atoms with Gasteiger partial charge >= 0.3 is 6.03 Å². The van der Waals surface area contributed by atoms with Crippen molar-refractivity contribution in [3.8, 4) is 0 Å². The third-order valence-corrected chi connectivity index (χ3v) is 5.66. The molecule has 0 spiro atoms. The third kappa shape index (κ3) is 5.08. The van der Waals surface area contributed by atoms with Gasteiger partial charge in [0.25, 0.3) is 5.91 Å². The number of anilines is 1. The fraction of sp³-hybridized carbons (Fsp3) is 0.400. The number of urea groups is 1. The highest BCUT2D eigenvalue weighted by molar-refractivity contribution is 7.12. The number of nitrogens with zero attached hydrogens (tertiary/aromatic N) is 1. The Morgan fingerprint density at radius 3 is 2.54 bits per heavy atom. The average molecular weight is 372 g/mol. The van der Waals surface area contributed by atoms with Gasteiger partial charge in [-0.1, -0.05) is 23.8 Å². The zero-order chi connectivity index (χ0) is 18.4. The molecule has 1 fully saturated rings. The minimum Gasteiger partial charge on any atom is -0.351 e. The van der Waals surface area contributed by atoms with Crippen molar-refractivity contribution in [1.82, 2.24) is 10.2 Å². The molecular weight excluding hydrogens is 346 g/mol. The van der Waals surface area contributed by atoms with Crippen LogP contribution in [0.5, 0.6) is 0 Å². The molecule has 6 heteroatoms. The number of nitrogens with one attached hydrogen (secondary N) is 2. The fourth-order valence-electron chi connectivity index (χ4n) is 3.15. The Hall–Kier alpha value is -2.34. The van der Waals surface area contributed by atoms with Crippen LogP contribution in [0.3, 0.4) is 0 Å². The van der Waals surface area contributed by atoms with E-state index in [0.717, 1.165) is 42.9 Å². The molecule has 2 aromatic rings. The highest BCUT2D eigenvalue weighted by Crippen LogP contribution is 2.21. The van der Waals surface area contributed by atoms with Crippen molar-refractivity contribution in [2.24, 2.45) is 5.92 Å². The van der Waals surface area contributed by atoms with Crippen LogP contribution in [0.2, 0.25) is 0 Å². The second kappa shape index (κ2) is 8.85. The van der Waals surface area contributed by atoms with Gasteiger partial charge in [0.15, 0.2) is 0 Å². The maximum atomic E-state index is 12.4. The van der Waals surface area contributed by atoms with E-state index in [1.807, 2.05) is 53.6 Å². The van der Waals surface area contributed by atoms with Crippen molar-refractivity contribution in [2.75, 3.05) is 25.0 Å². The first-order chi connectivity index (χ1) is 12.6. The molecule has 0 aliphatic carbocycles. The second-order valence-electron chi connectivity index (χ2n) is 6.75. The monoisotopic (exact) mass is 371 g/mol. The van der Waals surface area contributed by atoms with Crippen LogP contribution >= 0.6 is 11.3 Å². The lowest BCUT2D eigenvalue weighted by molar-refractivity contribution is 0.0953. The van der Waals surface area contributed by atoms with E-state index in [1.165, 1.54) is 16.9 Å². The van der Waals surface area contributed by atoms with Crippen LogP contribution in [0, 0.1) is 12.8 Å². The molecule has 1 aliphatic heterocycles. The molecule has 2 heterocycles. The first-order valence-corrected chi connectivity index (χ1v) is 9.94. The topological polar surface area (TPSA) is 61.4 Å². The van der Waals surface area contributed by atoms with E-state index in [0.29, 0.717) is 12.5 Å². The molecule has 5 nitrogen and oxygen atoms in total. The number of aryl methyl sites for hydroxylation is 1. The first kappa shape index (κ1) is 18.5. The molecule has 3 amide bonds. The summed E-state index contributed by atoms with van der Waals surface area (Å²) < 4.78 is 0. The number of amides is 3. The SMILES string of the molecule is Cc1ccc(NC(=O)N2CCC(CCNC(=O)c3cccs3)CC2)cc1. The van der Waals surface area contributed by atoms with Crippen molar-refractivity contribution in [2.45, 2.75) is 26.2 Å². The molecule has 1 saturated heterocycles. The number of likely N-dealkylation sites (tertiary alicyclic amines) is 1. The molecule has 0 atom stereocenters. The lowest BCUT2D eigenvalue weighted by atomic mass is 9.94. The van der Waals surface area contributed by atoms with Crippen molar-refractivity contribution >= 4 is 29.0 Å². The number of benzene rings is 1. The van der Waals surface area contributed by atoms with Gasteiger partial charge < -0.3 is 15.5 Å². The highest BCUT2D eigenvalue weighted by atomic mass is 32.1. The van der Waals surface area contributed by atoms with Gasteiger partial charge in [-0.3, -0.25) is 4.79 Å². The number of hydrogen-bond donors (Lipinski definition) is 2. The number of hydrogen-bond acceptors (Lipinski definition) is 3. The Bertz CT molecular complexity index is 720. The highest BCUT2D eigenvalue weighted by Gasteiger charge is 2.22. The minimum atomic E-state index is -0.0294. The van der Waals surface area contributed by atoms with Crippen LogP contribution in [0.15, 0.2) is 41.8 Å². The van der Waals surface area contributed by atoms with Crippen LogP contribution in [-0.4, -0.2) is 36.5 Å². The van der Waals surface area contributed by atoms with Crippen LogP contribution in [-0.2, 0) is 0 Å². The molecular formula is C20H25N3O2S. The van der Waals surface area contributed by atoms with Gasteiger partial charge in [0.05, 0.1) is 4.88 Å². The lowest BCUT2D eigenvalue weighted by Gasteiger charge is -2.32. The summed E-state index contributed by atoms with van der Waals surface area (Å²) in [7, 11) is 0. The molecule has 3 rings (SSSR count). The second-order valence-corrected chi connectivity index (χ2v) is 7.70. The molecule has 2 N–H and O–H groups in total. The quantitative estimate of drug-likeness (QED) is 0.830. The van der Waals surface area contributed by atoms with E-state index >= 15 is 0 Å². The summed E-state index contributed by atoms with van der Waals surface area (Å²) in [6.07, 6.45) is 2.93. The van der Waals surface area contributed by atoms with Crippen LogP contribution in [0.4, 0.5) is 10.5 Å². The first-order valence-electron chi connectivity index (χ1n) is 9.06. The predicted octanol–water partition coefficient (Wildman–Crippen LogP) is 4.12. The maximum absolute atomic E-state index is 12.4. The van der Waals surface area contributed by atoms with Gasteiger partial charge in [-0.05, 0) is 55.7 Å². The van der Waals surface area contributed by atoms with E-state index in [9.17, 15) is 9.59 Å². The molecule has 0 saturated carbocycles. The molecule has 0 bridgehead atoms. The Labute approximate surface area is 158 Å². The molecule has 1 aromatic heterocycles. The van der Waals surface area contributed by atoms with Gasteiger partial charge in [-0.25, -0.2) is 4.79 Å². The standard InChI is InChI=1S/C20H25N3O2S/c1-15-4-6-17(7-5-15)22-20(25)23-12-9-16(10-13-23)8-11-21-19(24)18-3-2-14-26-18/h2-7,14,16H,8-13H2,1H3,(H,21,24)(H,22,25). The smallest absolute Gasteiger partial charge is 0.321 e. The van der Waals surface area contributed by atoms with Crippen LogP contribution < -0.4 is 10.6 Å². The summed E-state index contributed by atoms with van der Waals surface area (Å²) in [5.74, 6) is 0.567. The number of carbonyl (C=O) groups excluding carboxylic acids is 2. The summed E-state index contributed by atoms with van der Waals surface area (Å²) in [6, 6.07) is 11.5. The van der Waals surface area contributed by atoms with Gasteiger partial charge in [0.2, 0.25) is 0 Å². The predicted molar refractivity (Wildman–Crippen MR) is 106 cm³/mol. The normalized spacial score (nSPS) is 14.9. The minimum absolute atomic E-state index is 0.00918. The summed E-state index contributed by atoms with van der Waals surface area (Å²) >= 11 is 1.46. The van der Waals surface area contributed by atoms with Crippen molar-refractivity contribution in [3.63, 3.8) is 0 Å². The Kier molecular flexibility index (Phi) is 6.28. The molecule has 0 unspecified atom stereocenters. The van der Waals surface area contributed by atoms with E-state index in [2.05, 4.69) is 10.6 Å². The van der Waals surface area contributed by atoms with Crippen LogP contribution in [0.25, 0.3) is 0 Å². The van der Waals surface area contributed by atoms with Crippen molar-refractivity contribution in [3.05, 3.63) is 52.2 Å². The number of rotatable bonds is 5. The van der Waals surface area contributed by atoms with E-state index in [1.54, 1.807) is 0 Å². The van der Waals surface area contributed by atoms with Crippen molar-refractivity contribution in [1.29, 1.82) is 0 Å². The molecule has 1 aromatic carbocycles. The summed E-state index contributed by atoms with van der Waals surface area (Å²) in [5.41, 5.74) is 2.01. The maximum Gasteiger partial charge on any atom is 0.321 e.